The van der Waals surface area contributed by atoms with Gasteiger partial charge in [-0.1, -0.05) is 0 Å². The fourth-order valence-corrected chi connectivity index (χ4v) is 2.84. The predicted molar refractivity (Wildman–Crippen MR) is 89.3 cm³/mol. The number of hydrogen-bond donors (Lipinski definition) is 2. The molecule has 3 aromatic rings. The molecule has 1 aromatic carbocycles. The molecule has 2 aromatic heterocycles. The lowest BCUT2D eigenvalue weighted by atomic mass is 10.3. The molecule has 3 rings (SSSR count). The van der Waals surface area contributed by atoms with E-state index in [2.05, 4.69) is 10.3 Å². The molecule has 130 valence electrons. The van der Waals surface area contributed by atoms with Crippen LogP contribution in [0.1, 0.15) is 6.42 Å². The van der Waals surface area contributed by atoms with Gasteiger partial charge < -0.3 is 9.73 Å². The summed E-state index contributed by atoms with van der Waals surface area (Å²) in [5.74, 6) is -0.980. The Kier molecular flexibility index (Phi) is 4.38. The number of anilines is 1. The van der Waals surface area contributed by atoms with Gasteiger partial charge >= 0.3 is 5.76 Å². The van der Waals surface area contributed by atoms with Gasteiger partial charge in [-0.3, -0.25) is 14.3 Å². The molecule has 9 nitrogen and oxygen atoms in total. The minimum atomic E-state index is -3.90. The summed E-state index contributed by atoms with van der Waals surface area (Å²) < 4.78 is 29.0. The molecule has 2 heterocycles. The van der Waals surface area contributed by atoms with Crippen molar-refractivity contribution in [3.8, 4) is 0 Å². The van der Waals surface area contributed by atoms with Gasteiger partial charge in [-0.05, 0) is 24.3 Å². The Bertz CT molecular complexity index is 1090. The van der Waals surface area contributed by atoms with Crippen LogP contribution in [0, 0.1) is 0 Å². The Morgan fingerprint density at radius 2 is 2.12 bits per heavy atom. The Hall–Kier alpha value is -2.98. The van der Waals surface area contributed by atoms with Crippen LogP contribution < -0.4 is 16.2 Å². The van der Waals surface area contributed by atoms with Crippen molar-refractivity contribution < 1.29 is 17.6 Å². The average molecular weight is 362 g/mol. The molecule has 0 radical (unpaired) electrons. The first-order valence-corrected chi connectivity index (χ1v) is 8.75. The molecule has 0 bridgehead atoms. The third-order valence-corrected chi connectivity index (χ3v) is 4.39. The van der Waals surface area contributed by atoms with Crippen LogP contribution in [0.2, 0.25) is 0 Å². The van der Waals surface area contributed by atoms with Crippen LogP contribution in [0.5, 0.6) is 0 Å². The standard InChI is InChI=1S/C15H14N4O5S/c16-25(22,23)11-3-4-12-13(8-11)24-15(21)19(12)7-5-14(20)18-10-2-1-6-17-9-10/h1-4,6,8-9H,5,7H2,(H,18,20)(H2,16,22,23). The van der Waals surface area contributed by atoms with Crippen LogP contribution >= 0.6 is 0 Å². The molecule has 0 unspecified atom stereocenters. The third kappa shape index (κ3) is 3.75. The summed E-state index contributed by atoms with van der Waals surface area (Å²) >= 11 is 0. The van der Waals surface area contributed by atoms with E-state index in [0.29, 0.717) is 11.2 Å². The largest absolute Gasteiger partial charge is 0.419 e. The van der Waals surface area contributed by atoms with Gasteiger partial charge in [0, 0.05) is 25.2 Å². The maximum absolute atomic E-state index is 12.0. The Balaban J connectivity index is 1.79. The van der Waals surface area contributed by atoms with E-state index in [0.717, 1.165) is 0 Å². The highest BCUT2D eigenvalue weighted by Crippen LogP contribution is 2.18. The molecule has 0 aliphatic heterocycles. The minimum Gasteiger partial charge on any atom is -0.408 e. The number of fused-ring (bicyclic) bond motifs is 1. The fraction of sp³-hybridized carbons (Fsp3) is 0.133. The molecule has 0 spiro atoms. The zero-order valence-electron chi connectivity index (χ0n) is 12.9. The van der Waals surface area contributed by atoms with E-state index in [1.807, 2.05) is 0 Å². The zero-order chi connectivity index (χ0) is 18.0. The average Bonchev–Trinajstić information content (AvgIpc) is 2.87. The lowest BCUT2D eigenvalue weighted by molar-refractivity contribution is -0.116. The summed E-state index contributed by atoms with van der Waals surface area (Å²) in [6, 6.07) is 7.25. The van der Waals surface area contributed by atoms with Crippen molar-refractivity contribution in [2.24, 2.45) is 5.14 Å². The number of rotatable bonds is 5. The van der Waals surface area contributed by atoms with E-state index >= 15 is 0 Å². The lowest BCUT2D eigenvalue weighted by Gasteiger charge is -2.05. The van der Waals surface area contributed by atoms with Gasteiger partial charge in [0.15, 0.2) is 5.58 Å². The van der Waals surface area contributed by atoms with Crippen LogP contribution in [0.15, 0.2) is 56.8 Å². The smallest absolute Gasteiger partial charge is 0.408 e. The van der Waals surface area contributed by atoms with Crippen molar-refractivity contribution >= 4 is 32.7 Å². The van der Waals surface area contributed by atoms with Gasteiger partial charge in [0.05, 0.1) is 22.3 Å². The Morgan fingerprint density at radius 1 is 1.32 bits per heavy atom. The molecular formula is C15H14N4O5S. The van der Waals surface area contributed by atoms with E-state index in [1.165, 1.54) is 29.0 Å². The third-order valence-electron chi connectivity index (χ3n) is 3.48. The predicted octanol–water partition coefficient (Wildman–Crippen LogP) is 0.666. The molecule has 1 amide bonds. The number of aromatic nitrogens is 2. The monoisotopic (exact) mass is 362 g/mol. The van der Waals surface area contributed by atoms with Crippen molar-refractivity contribution in [1.82, 2.24) is 9.55 Å². The summed E-state index contributed by atoms with van der Waals surface area (Å²) in [4.78, 5) is 27.6. The van der Waals surface area contributed by atoms with Gasteiger partial charge in [-0.25, -0.2) is 18.4 Å². The van der Waals surface area contributed by atoms with Gasteiger partial charge in [-0.2, -0.15) is 0 Å². The quantitative estimate of drug-likeness (QED) is 0.684. The molecule has 0 atom stereocenters. The number of sulfonamides is 1. The summed E-state index contributed by atoms with van der Waals surface area (Å²) in [5, 5.41) is 7.71. The second kappa shape index (κ2) is 6.49. The number of oxazole rings is 1. The molecule has 3 N–H and O–H groups in total. The molecule has 0 aliphatic carbocycles. The van der Waals surface area contributed by atoms with Crippen molar-refractivity contribution in [1.29, 1.82) is 0 Å². The first kappa shape index (κ1) is 16.9. The molecular weight excluding hydrogens is 348 g/mol. The number of nitrogens with zero attached hydrogens (tertiary/aromatic N) is 2. The van der Waals surface area contributed by atoms with E-state index in [4.69, 9.17) is 9.56 Å². The van der Waals surface area contributed by atoms with E-state index in [9.17, 15) is 18.0 Å². The highest BCUT2D eigenvalue weighted by Gasteiger charge is 2.15. The highest BCUT2D eigenvalue weighted by atomic mass is 32.2. The van der Waals surface area contributed by atoms with Crippen LogP contribution in [0.25, 0.3) is 11.1 Å². The van der Waals surface area contributed by atoms with E-state index in [1.54, 1.807) is 18.3 Å². The normalized spacial score (nSPS) is 11.6. The maximum Gasteiger partial charge on any atom is 0.419 e. The molecule has 0 fully saturated rings. The number of amides is 1. The SMILES string of the molecule is NS(=O)(=O)c1ccc2c(c1)oc(=O)n2CCC(=O)Nc1cccnc1. The van der Waals surface area contributed by atoms with Crippen molar-refractivity contribution in [2.75, 3.05) is 5.32 Å². The number of nitrogens with two attached hydrogens (primary N) is 1. The zero-order valence-corrected chi connectivity index (χ0v) is 13.7. The summed E-state index contributed by atoms with van der Waals surface area (Å²) in [6.45, 7) is 0.0760. The first-order chi connectivity index (χ1) is 11.8. The fourth-order valence-electron chi connectivity index (χ4n) is 2.31. The molecule has 0 aliphatic rings. The molecule has 0 saturated carbocycles. The van der Waals surface area contributed by atoms with Gasteiger partial charge in [0.25, 0.3) is 0 Å². The van der Waals surface area contributed by atoms with Crippen molar-refractivity contribution in [3.63, 3.8) is 0 Å². The number of benzene rings is 1. The number of pyridine rings is 1. The van der Waals surface area contributed by atoms with Gasteiger partial charge in [0.2, 0.25) is 15.9 Å². The van der Waals surface area contributed by atoms with Crippen molar-refractivity contribution in [3.05, 3.63) is 53.3 Å². The number of nitrogens with one attached hydrogen (secondary N) is 1. The highest BCUT2D eigenvalue weighted by molar-refractivity contribution is 7.89. The number of carbonyl (C=O) groups is 1. The number of carbonyl (C=O) groups excluding carboxylic acids is 1. The minimum absolute atomic E-state index is 0.0281. The number of hydrogen-bond acceptors (Lipinski definition) is 6. The van der Waals surface area contributed by atoms with Crippen LogP contribution in [-0.4, -0.2) is 23.9 Å². The summed E-state index contributed by atoms with van der Waals surface area (Å²) in [6.07, 6.45) is 3.12. The molecule has 25 heavy (non-hydrogen) atoms. The molecule has 0 saturated heterocycles. The lowest BCUT2D eigenvalue weighted by Crippen LogP contribution is -2.19. The van der Waals surface area contributed by atoms with Gasteiger partial charge in [-0.15, -0.1) is 0 Å². The Labute approximate surface area is 142 Å². The van der Waals surface area contributed by atoms with Gasteiger partial charge in [0.1, 0.15) is 0 Å². The Morgan fingerprint density at radius 3 is 2.80 bits per heavy atom. The van der Waals surface area contributed by atoms with Crippen LogP contribution in [0.3, 0.4) is 0 Å². The van der Waals surface area contributed by atoms with E-state index < -0.39 is 15.8 Å². The first-order valence-electron chi connectivity index (χ1n) is 7.21. The second-order valence-electron chi connectivity index (χ2n) is 5.23. The number of primary sulfonamides is 1. The summed E-state index contributed by atoms with van der Waals surface area (Å²) in [7, 11) is -3.90. The second-order valence-corrected chi connectivity index (χ2v) is 6.80. The topological polar surface area (TPSA) is 137 Å². The number of aryl methyl sites for hydroxylation is 1. The van der Waals surface area contributed by atoms with Crippen LogP contribution in [-0.2, 0) is 21.4 Å². The van der Waals surface area contributed by atoms with E-state index in [-0.39, 0.29) is 29.4 Å². The molecule has 10 heteroatoms. The van der Waals surface area contributed by atoms with Crippen LogP contribution in [0.4, 0.5) is 5.69 Å². The maximum atomic E-state index is 12.0. The summed E-state index contributed by atoms with van der Waals surface area (Å²) in [5.41, 5.74) is 1.02. The van der Waals surface area contributed by atoms with Crippen molar-refractivity contribution in [2.45, 2.75) is 17.9 Å².